The Hall–Kier alpha value is 0.0500. The van der Waals surface area contributed by atoms with Crippen LogP contribution in [0.4, 0.5) is 0 Å². The minimum absolute atomic E-state index is 0.133. The molecule has 112 valence electrons. The lowest BCUT2D eigenvalue weighted by Gasteiger charge is -2.18. The molecule has 2 unspecified atom stereocenters. The molecule has 0 saturated heterocycles. The molecule has 0 amide bonds. The van der Waals surface area contributed by atoms with Gasteiger partial charge in [0, 0.05) is 22.1 Å². The lowest BCUT2D eigenvalue weighted by atomic mass is 9.97. The van der Waals surface area contributed by atoms with Gasteiger partial charge in [-0.2, -0.15) is 0 Å². The molecule has 1 aliphatic carbocycles. The molecule has 0 bridgehead atoms. The third-order valence-corrected chi connectivity index (χ3v) is 6.66. The fourth-order valence-corrected chi connectivity index (χ4v) is 5.45. The summed E-state index contributed by atoms with van der Waals surface area (Å²) >= 11 is 6.57. The molecular formula is C13H17Br2NO3S. The van der Waals surface area contributed by atoms with Crippen molar-refractivity contribution in [2.24, 2.45) is 11.8 Å². The van der Waals surface area contributed by atoms with E-state index >= 15 is 0 Å². The number of aliphatic hydroxyl groups excluding tert-OH is 1. The predicted molar refractivity (Wildman–Crippen MR) is 84.9 cm³/mol. The van der Waals surface area contributed by atoms with Gasteiger partial charge in [0.2, 0.25) is 10.0 Å². The van der Waals surface area contributed by atoms with Gasteiger partial charge < -0.3 is 5.11 Å². The molecule has 0 aromatic heterocycles. The molecule has 1 aliphatic rings. The molecule has 0 heterocycles. The van der Waals surface area contributed by atoms with E-state index in [2.05, 4.69) is 36.6 Å². The number of hydrogen-bond donors (Lipinski definition) is 2. The maximum absolute atomic E-state index is 12.3. The fourth-order valence-electron chi connectivity index (χ4n) is 2.61. The number of aliphatic hydroxyl groups is 1. The van der Waals surface area contributed by atoms with Crippen molar-refractivity contribution < 1.29 is 13.5 Å². The van der Waals surface area contributed by atoms with E-state index in [9.17, 15) is 13.5 Å². The first-order valence-electron chi connectivity index (χ1n) is 6.49. The second kappa shape index (κ2) is 6.87. The minimum atomic E-state index is -3.53. The summed E-state index contributed by atoms with van der Waals surface area (Å²) in [6.45, 7) is 0.518. The first-order valence-corrected chi connectivity index (χ1v) is 9.56. The second-order valence-corrected chi connectivity index (χ2v) is 8.57. The van der Waals surface area contributed by atoms with E-state index in [0.29, 0.717) is 11.0 Å². The van der Waals surface area contributed by atoms with Crippen LogP contribution in [0, 0.1) is 11.8 Å². The quantitative estimate of drug-likeness (QED) is 0.760. The molecule has 1 fully saturated rings. The zero-order chi connectivity index (χ0) is 14.8. The van der Waals surface area contributed by atoms with E-state index in [4.69, 9.17) is 0 Å². The Kier molecular flexibility index (Phi) is 5.64. The first-order chi connectivity index (χ1) is 9.44. The molecule has 20 heavy (non-hydrogen) atoms. The predicted octanol–water partition coefficient (Wildman–Crippen LogP) is 2.90. The van der Waals surface area contributed by atoms with Crippen LogP contribution < -0.4 is 4.72 Å². The van der Waals surface area contributed by atoms with Crippen molar-refractivity contribution in [1.29, 1.82) is 0 Å². The smallest absolute Gasteiger partial charge is 0.241 e. The third kappa shape index (κ3) is 3.82. The summed E-state index contributed by atoms with van der Waals surface area (Å²) < 4.78 is 28.6. The van der Waals surface area contributed by atoms with Gasteiger partial charge in [-0.1, -0.05) is 22.4 Å². The summed E-state index contributed by atoms with van der Waals surface area (Å²) in [6, 6.07) is 4.97. The zero-order valence-corrected chi connectivity index (χ0v) is 14.8. The van der Waals surface area contributed by atoms with Crippen molar-refractivity contribution in [2.45, 2.75) is 24.2 Å². The molecule has 2 rings (SSSR count). The van der Waals surface area contributed by atoms with E-state index in [0.717, 1.165) is 23.7 Å². The van der Waals surface area contributed by atoms with Gasteiger partial charge >= 0.3 is 0 Å². The molecule has 1 aromatic carbocycles. The van der Waals surface area contributed by atoms with Gasteiger partial charge in [0.15, 0.2) is 0 Å². The average Bonchev–Trinajstić information content (AvgIpc) is 2.83. The van der Waals surface area contributed by atoms with E-state index in [1.807, 2.05) is 0 Å². The van der Waals surface area contributed by atoms with Crippen LogP contribution in [-0.2, 0) is 10.0 Å². The van der Waals surface area contributed by atoms with Crippen LogP contribution in [0.2, 0.25) is 0 Å². The Labute approximate surface area is 136 Å². The number of halogens is 2. The largest absolute Gasteiger partial charge is 0.396 e. The van der Waals surface area contributed by atoms with Gasteiger partial charge in [-0.05, 0) is 58.8 Å². The molecule has 0 spiro atoms. The standard InChI is InChI=1S/C13H17Br2NO3S/c14-11-4-5-13(12(15)6-11)20(18,19)16-7-9-2-1-3-10(9)8-17/h4-6,9-10,16-17H,1-3,7-8H2. The number of sulfonamides is 1. The highest BCUT2D eigenvalue weighted by atomic mass is 79.9. The second-order valence-electron chi connectivity index (χ2n) is 5.06. The number of rotatable bonds is 5. The van der Waals surface area contributed by atoms with Crippen molar-refractivity contribution in [3.05, 3.63) is 27.1 Å². The summed E-state index contributed by atoms with van der Waals surface area (Å²) in [7, 11) is -3.53. The number of benzene rings is 1. The summed E-state index contributed by atoms with van der Waals surface area (Å²) in [5.74, 6) is 0.440. The lowest BCUT2D eigenvalue weighted by molar-refractivity contribution is 0.195. The van der Waals surface area contributed by atoms with Crippen molar-refractivity contribution in [2.75, 3.05) is 13.2 Å². The number of hydrogen-bond acceptors (Lipinski definition) is 3. The molecule has 4 nitrogen and oxygen atoms in total. The minimum Gasteiger partial charge on any atom is -0.396 e. The molecule has 2 atom stereocenters. The Morgan fingerprint density at radius 1 is 1.25 bits per heavy atom. The topological polar surface area (TPSA) is 66.4 Å². The van der Waals surface area contributed by atoms with Crippen LogP contribution in [0.1, 0.15) is 19.3 Å². The summed E-state index contributed by atoms with van der Waals surface area (Å²) in [6.07, 6.45) is 3.00. The fraction of sp³-hybridized carbons (Fsp3) is 0.538. The Morgan fingerprint density at radius 3 is 2.60 bits per heavy atom. The van der Waals surface area contributed by atoms with Gasteiger partial charge in [0.1, 0.15) is 0 Å². The van der Waals surface area contributed by atoms with Crippen LogP contribution in [-0.4, -0.2) is 26.7 Å². The molecule has 0 radical (unpaired) electrons. The van der Waals surface area contributed by atoms with E-state index in [1.54, 1.807) is 18.2 Å². The summed E-state index contributed by atoms with van der Waals surface area (Å²) in [5.41, 5.74) is 0. The molecule has 1 aromatic rings. The van der Waals surface area contributed by atoms with Crippen molar-refractivity contribution in [1.82, 2.24) is 4.72 Å². The highest BCUT2D eigenvalue weighted by molar-refractivity contribution is 9.11. The monoisotopic (exact) mass is 425 g/mol. The Balaban J connectivity index is 2.07. The summed E-state index contributed by atoms with van der Waals surface area (Å²) in [5, 5.41) is 9.27. The third-order valence-electron chi connectivity index (χ3n) is 3.77. The van der Waals surface area contributed by atoms with Gasteiger partial charge in [0.05, 0.1) is 4.90 Å². The van der Waals surface area contributed by atoms with Crippen LogP contribution in [0.25, 0.3) is 0 Å². The first kappa shape index (κ1) is 16.4. The highest BCUT2D eigenvalue weighted by Crippen LogP contribution is 2.31. The maximum Gasteiger partial charge on any atom is 0.241 e. The normalized spacial score (nSPS) is 23.1. The van der Waals surface area contributed by atoms with Gasteiger partial charge in [-0.15, -0.1) is 0 Å². The van der Waals surface area contributed by atoms with Gasteiger partial charge in [-0.25, -0.2) is 13.1 Å². The summed E-state index contributed by atoms with van der Waals surface area (Å²) in [4.78, 5) is 0.235. The van der Waals surface area contributed by atoms with E-state index in [-0.39, 0.29) is 23.3 Å². The number of nitrogens with one attached hydrogen (secondary N) is 1. The van der Waals surface area contributed by atoms with Crippen LogP contribution in [0.15, 0.2) is 32.0 Å². The Bertz CT molecular complexity index is 577. The lowest BCUT2D eigenvalue weighted by Crippen LogP contribution is -2.31. The SMILES string of the molecule is O=S(=O)(NCC1CCCC1CO)c1ccc(Br)cc1Br. The van der Waals surface area contributed by atoms with E-state index in [1.165, 1.54) is 0 Å². The van der Waals surface area contributed by atoms with Gasteiger partial charge in [0.25, 0.3) is 0 Å². The Morgan fingerprint density at radius 2 is 1.95 bits per heavy atom. The van der Waals surface area contributed by atoms with E-state index < -0.39 is 10.0 Å². The molecule has 7 heteroatoms. The molecule has 0 aliphatic heterocycles. The van der Waals surface area contributed by atoms with Crippen LogP contribution in [0.5, 0.6) is 0 Å². The highest BCUT2D eigenvalue weighted by Gasteiger charge is 2.28. The zero-order valence-electron chi connectivity index (χ0n) is 10.9. The average molecular weight is 427 g/mol. The molecule has 2 N–H and O–H groups in total. The van der Waals surface area contributed by atoms with Crippen molar-refractivity contribution >= 4 is 41.9 Å². The maximum atomic E-state index is 12.3. The van der Waals surface area contributed by atoms with Gasteiger partial charge in [-0.3, -0.25) is 0 Å². The molecular weight excluding hydrogens is 410 g/mol. The van der Waals surface area contributed by atoms with Crippen molar-refractivity contribution in [3.63, 3.8) is 0 Å². The molecule has 1 saturated carbocycles. The van der Waals surface area contributed by atoms with Crippen molar-refractivity contribution in [3.8, 4) is 0 Å². The van der Waals surface area contributed by atoms with Crippen LogP contribution in [0.3, 0.4) is 0 Å². The van der Waals surface area contributed by atoms with Crippen LogP contribution >= 0.6 is 31.9 Å².